The minimum Gasteiger partial charge on any atom is -0.337 e. The van der Waals surface area contributed by atoms with Crippen molar-refractivity contribution in [2.24, 2.45) is 0 Å². The molecule has 10 rings (SSSR count). The maximum Gasteiger partial charge on any atom is 0.275 e. The number of nitrogens with one attached hydrogen (secondary N) is 2. The van der Waals surface area contributed by atoms with Crippen LogP contribution in [-0.4, -0.2) is 68.2 Å². The zero-order valence-corrected chi connectivity index (χ0v) is 29.7. The van der Waals surface area contributed by atoms with Gasteiger partial charge < -0.3 is 9.80 Å². The van der Waals surface area contributed by atoms with E-state index in [1.807, 2.05) is 9.80 Å². The number of thiophene rings is 4. The highest BCUT2D eigenvalue weighted by atomic mass is 32.1. The number of fused-ring (bicyclic) bond motifs is 2. The first-order valence-electron chi connectivity index (χ1n) is 16.3. The van der Waals surface area contributed by atoms with E-state index in [1.54, 1.807) is 45.3 Å². The molecular formula is C37H32N6O2S4. The van der Waals surface area contributed by atoms with Gasteiger partial charge in [0.1, 0.15) is 0 Å². The standard InChI is InChI=1S/C19H17N3OS2.C18H15N3OS2/c23-18(22-6-1-7-22)17-15-2-5-19(10-16(15)20-21-17,13-3-8-24-11-13)14-4-9-25-12-14;22-17(21-5-6-21)16-14-1-4-18(9-15(14)19-20-16,12-2-7-23-10-12)13-3-8-24-11-13/h2-5,8-9,11-12H,1,6-7,10H2,(H,20,21);1-4,7-8,10-11H,5-6,9H2,(H,19,20). The third kappa shape index (κ3) is 5.20. The van der Waals surface area contributed by atoms with Crippen molar-refractivity contribution in [1.29, 1.82) is 0 Å². The van der Waals surface area contributed by atoms with E-state index in [0.29, 0.717) is 11.4 Å². The summed E-state index contributed by atoms with van der Waals surface area (Å²) in [7, 11) is 0. The number of H-pyrrole nitrogens is 2. The topological polar surface area (TPSA) is 97.7 Å². The predicted molar refractivity (Wildman–Crippen MR) is 198 cm³/mol. The maximum absolute atomic E-state index is 12.6. The number of hydrogen-bond donors (Lipinski definition) is 2. The summed E-state index contributed by atoms with van der Waals surface area (Å²) in [4.78, 5) is 28.6. The minimum atomic E-state index is -0.184. The monoisotopic (exact) mass is 720 g/mol. The summed E-state index contributed by atoms with van der Waals surface area (Å²) in [6.45, 7) is 3.38. The summed E-state index contributed by atoms with van der Waals surface area (Å²) in [6, 6.07) is 8.77. The summed E-state index contributed by atoms with van der Waals surface area (Å²) in [6.07, 6.45) is 11.3. The number of likely N-dealkylation sites (tertiary alicyclic amines) is 1. The third-order valence-electron chi connectivity index (χ3n) is 10.2. The molecule has 0 unspecified atom stereocenters. The van der Waals surface area contributed by atoms with Crippen LogP contribution in [0, 0.1) is 0 Å². The highest BCUT2D eigenvalue weighted by Gasteiger charge is 2.40. The Morgan fingerprint density at radius 3 is 1.29 bits per heavy atom. The van der Waals surface area contributed by atoms with E-state index in [0.717, 1.165) is 68.0 Å². The van der Waals surface area contributed by atoms with Gasteiger partial charge >= 0.3 is 0 Å². The quantitative estimate of drug-likeness (QED) is 0.175. The number of carbonyl (C=O) groups is 2. The molecule has 2 amide bonds. The number of amides is 2. The molecule has 4 aliphatic rings. The van der Waals surface area contributed by atoms with Crippen molar-refractivity contribution in [1.82, 2.24) is 30.2 Å². The minimum absolute atomic E-state index is 0.0377. The lowest BCUT2D eigenvalue weighted by Crippen LogP contribution is -2.42. The number of allylic oxidation sites excluding steroid dienone is 2. The van der Waals surface area contributed by atoms with Crippen LogP contribution in [0.15, 0.2) is 79.5 Å². The molecular weight excluding hydrogens is 689 g/mol. The zero-order valence-electron chi connectivity index (χ0n) is 26.4. The molecule has 6 aromatic rings. The number of hydrogen-bond acceptors (Lipinski definition) is 8. The fourth-order valence-corrected chi connectivity index (χ4v) is 10.1. The first-order chi connectivity index (χ1) is 24.1. The number of aromatic nitrogens is 4. The van der Waals surface area contributed by atoms with Crippen molar-refractivity contribution in [3.05, 3.63) is 136 Å². The third-order valence-corrected chi connectivity index (χ3v) is 12.9. The van der Waals surface area contributed by atoms with Gasteiger partial charge in [-0.15, -0.1) is 0 Å². The number of carbonyl (C=O) groups excluding carboxylic acids is 2. The van der Waals surface area contributed by atoms with E-state index in [9.17, 15) is 9.59 Å². The Morgan fingerprint density at radius 2 is 0.980 bits per heavy atom. The van der Waals surface area contributed by atoms with Gasteiger partial charge in [-0.25, -0.2) is 0 Å². The highest BCUT2D eigenvalue weighted by Crippen LogP contribution is 2.45. The van der Waals surface area contributed by atoms with Gasteiger partial charge in [-0.05, 0) is 96.0 Å². The van der Waals surface area contributed by atoms with E-state index in [4.69, 9.17) is 0 Å². The number of aromatic amines is 2. The molecule has 0 bridgehead atoms. The van der Waals surface area contributed by atoms with Gasteiger partial charge in [-0.2, -0.15) is 55.5 Å². The Bertz CT molecular complexity index is 2090. The lowest BCUT2D eigenvalue weighted by molar-refractivity contribution is 0.0645. The summed E-state index contributed by atoms with van der Waals surface area (Å²) < 4.78 is 0. The van der Waals surface area contributed by atoms with Crippen molar-refractivity contribution >= 4 is 69.3 Å². The van der Waals surface area contributed by atoms with Gasteiger partial charge in [0, 0.05) is 72.4 Å². The summed E-state index contributed by atoms with van der Waals surface area (Å²) >= 11 is 6.87. The molecule has 8 nitrogen and oxygen atoms in total. The van der Waals surface area contributed by atoms with E-state index < -0.39 is 0 Å². The van der Waals surface area contributed by atoms with E-state index in [2.05, 4.69) is 112 Å². The molecule has 246 valence electrons. The molecule has 12 heteroatoms. The molecule has 0 atom stereocenters. The molecule has 0 saturated carbocycles. The van der Waals surface area contributed by atoms with Crippen LogP contribution in [0.1, 0.15) is 72.2 Å². The van der Waals surface area contributed by atoms with Crippen molar-refractivity contribution < 1.29 is 9.59 Å². The normalized spacial score (nSPS) is 17.9. The Hall–Kier alpha value is -4.36. The second-order valence-corrected chi connectivity index (χ2v) is 16.0. The molecule has 0 spiro atoms. The van der Waals surface area contributed by atoms with Crippen molar-refractivity contribution in [2.75, 3.05) is 26.2 Å². The first kappa shape index (κ1) is 30.7. The Balaban J connectivity index is 0.000000133. The predicted octanol–water partition coefficient (Wildman–Crippen LogP) is 7.48. The Labute approximate surface area is 299 Å². The van der Waals surface area contributed by atoms with E-state index in [1.165, 1.54) is 22.3 Å². The molecule has 0 radical (unpaired) electrons. The number of nitrogens with zero attached hydrogens (tertiary/aromatic N) is 4. The fraction of sp³-hybridized carbons (Fsp3) is 0.243. The van der Waals surface area contributed by atoms with Crippen molar-refractivity contribution in [3.8, 4) is 0 Å². The van der Waals surface area contributed by atoms with Crippen molar-refractivity contribution in [3.63, 3.8) is 0 Å². The SMILES string of the molecule is O=C(c1n[nH]c2c1C=CC(c1ccsc1)(c1ccsc1)C2)N1CC1.O=C(c1n[nH]c2c1C=CC(c1ccsc1)(c1ccsc1)C2)N1CCC1. The largest absolute Gasteiger partial charge is 0.337 e. The molecule has 2 aliphatic heterocycles. The van der Waals surface area contributed by atoms with Gasteiger partial charge in [0.2, 0.25) is 0 Å². The lowest BCUT2D eigenvalue weighted by Gasteiger charge is -2.33. The molecule has 49 heavy (non-hydrogen) atoms. The van der Waals surface area contributed by atoms with Crippen LogP contribution < -0.4 is 0 Å². The molecule has 2 N–H and O–H groups in total. The van der Waals surface area contributed by atoms with Crippen LogP contribution in [-0.2, 0) is 23.7 Å². The van der Waals surface area contributed by atoms with Crippen LogP contribution in [0.25, 0.3) is 12.2 Å². The summed E-state index contributed by atoms with van der Waals surface area (Å²) in [5.41, 5.74) is 9.93. The fourth-order valence-electron chi connectivity index (χ4n) is 7.13. The summed E-state index contributed by atoms with van der Waals surface area (Å²) in [5.74, 6) is 0.0858. The second kappa shape index (κ2) is 12.2. The van der Waals surface area contributed by atoms with Gasteiger partial charge in [0.15, 0.2) is 11.4 Å². The van der Waals surface area contributed by atoms with Crippen molar-refractivity contribution in [2.45, 2.75) is 30.1 Å². The first-order valence-corrected chi connectivity index (χ1v) is 20.0. The summed E-state index contributed by atoms with van der Waals surface area (Å²) in [5, 5.41) is 32.3. The van der Waals surface area contributed by atoms with Gasteiger partial charge in [-0.3, -0.25) is 19.8 Å². The average Bonchev–Trinajstić information content (AvgIpc) is 3.86. The zero-order chi connectivity index (χ0) is 33.0. The van der Waals surface area contributed by atoms with E-state index >= 15 is 0 Å². The lowest BCUT2D eigenvalue weighted by atomic mass is 9.70. The molecule has 0 aromatic carbocycles. The van der Waals surface area contributed by atoms with Gasteiger partial charge in [-0.1, -0.05) is 24.3 Å². The van der Waals surface area contributed by atoms with Crippen LogP contribution in [0.3, 0.4) is 0 Å². The average molecular weight is 721 g/mol. The van der Waals surface area contributed by atoms with Gasteiger partial charge in [0.05, 0.1) is 0 Å². The van der Waals surface area contributed by atoms with Crippen LogP contribution in [0.2, 0.25) is 0 Å². The molecule has 2 aliphatic carbocycles. The van der Waals surface area contributed by atoms with E-state index in [-0.39, 0.29) is 22.6 Å². The van der Waals surface area contributed by atoms with Crippen LogP contribution in [0.4, 0.5) is 0 Å². The molecule has 2 fully saturated rings. The Kier molecular flexibility index (Phi) is 7.64. The smallest absolute Gasteiger partial charge is 0.275 e. The van der Waals surface area contributed by atoms with Crippen LogP contribution >= 0.6 is 45.3 Å². The molecule has 6 aromatic heterocycles. The highest BCUT2D eigenvalue weighted by molar-refractivity contribution is 7.08. The van der Waals surface area contributed by atoms with Crippen LogP contribution in [0.5, 0.6) is 0 Å². The number of rotatable bonds is 6. The maximum atomic E-state index is 12.6. The molecule has 2 saturated heterocycles. The van der Waals surface area contributed by atoms with Gasteiger partial charge in [0.25, 0.3) is 11.8 Å². The second-order valence-electron chi connectivity index (χ2n) is 12.9. The Morgan fingerprint density at radius 1 is 0.592 bits per heavy atom. The molecule has 8 heterocycles.